The molecule has 0 amide bonds. The Morgan fingerprint density at radius 2 is 2.06 bits per heavy atom. The zero-order chi connectivity index (χ0) is 13.5. The van der Waals surface area contributed by atoms with Crippen LogP contribution in [-0.4, -0.2) is 52.9 Å². The largest absolute Gasteiger partial charge is 0.461 e. The molecule has 102 valence electrons. The molecule has 18 heavy (non-hydrogen) atoms. The second-order valence-corrected chi connectivity index (χ2v) is 4.08. The molecule has 0 unspecified atom stereocenters. The second kappa shape index (κ2) is 6.95. The van der Waals surface area contributed by atoms with Crippen LogP contribution in [0.5, 0.6) is 6.01 Å². The van der Waals surface area contributed by atoms with Crippen molar-refractivity contribution in [1.82, 2.24) is 15.0 Å². The molecule has 0 aliphatic heterocycles. The first-order chi connectivity index (χ1) is 8.56. The van der Waals surface area contributed by atoms with Crippen molar-refractivity contribution in [2.75, 3.05) is 37.0 Å². The van der Waals surface area contributed by atoms with E-state index in [1.54, 1.807) is 11.9 Å². The summed E-state index contributed by atoms with van der Waals surface area (Å²) in [6.07, 6.45) is -0.00197. The first kappa shape index (κ1) is 14.4. The van der Waals surface area contributed by atoms with Crippen LogP contribution in [0.25, 0.3) is 0 Å². The summed E-state index contributed by atoms with van der Waals surface area (Å²) in [5, 5.41) is 12.0. The number of aliphatic hydroxyl groups is 1. The van der Waals surface area contributed by atoms with Crippen molar-refractivity contribution < 1.29 is 9.84 Å². The summed E-state index contributed by atoms with van der Waals surface area (Å²) in [6.45, 7) is 7.00. The third-order valence-electron chi connectivity index (χ3n) is 2.06. The molecule has 1 aromatic heterocycles. The SMILES string of the molecule is CCNc1nc(OC(C)C)nc(N(C)CCO)n1. The van der Waals surface area contributed by atoms with E-state index in [9.17, 15) is 0 Å². The number of aromatic nitrogens is 3. The third kappa shape index (κ3) is 4.33. The standard InChI is InChI=1S/C11H21N5O2/c1-5-12-9-13-10(16(4)6-7-17)15-11(14-9)18-8(2)3/h8,17H,5-7H2,1-4H3,(H,12,13,14,15). The van der Waals surface area contributed by atoms with Crippen molar-refractivity contribution in [2.24, 2.45) is 0 Å². The minimum atomic E-state index is -0.00197. The highest BCUT2D eigenvalue weighted by Crippen LogP contribution is 2.14. The van der Waals surface area contributed by atoms with Crippen molar-refractivity contribution >= 4 is 11.9 Å². The average molecular weight is 255 g/mol. The first-order valence-corrected chi connectivity index (χ1v) is 6.05. The number of hydrogen-bond donors (Lipinski definition) is 2. The quantitative estimate of drug-likeness (QED) is 0.734. The van der Waals surface area contributed by atoms with Gasteiger partial charge >= 0.3 is 6.01 Å². The van der Waals surface area contributed by atoms with Crippen LogP contribution < -0.4 is 15.0 Å². The Hall–Kier alpha value is -1.63. The lowest BCUT2D eigenvalue weighted by Crippen LogP contribution is -2.24. The molecule has 0 radical (unpaired) electrons. The van der Waals surface area contributed by atoms with Crippen molar-refractivity contribution in [3.8, 4) is 6.01 Å². The molecule has 2 N–H and O–H groups in total. The zero-order valence-corrected chi connectivity index (χ0v) is 11.3. The Morgan fingerprint density at radius 3 is 2.61 bits per heavy atom. The molecule has 0 aliphatic rings. The lowest BCUT2D eigenvalue weighted by atomic mass is 10.5. The molecule has 7 heteroatoms. The molecule has 0 bridgehead atoms. The number of hydrogen-bond acceptors (Lipinski definition) is 7. The number of rotatable bonds is 7. The fourth-order valence-electron chi connectivity index (χ4n) is 1.27. The van der Waals surface area contributed by atoms with E-state index in [1.807, 2.05) is 20.8 Å². The highest BCUT2D eigenvalue weighted by Gasteiger charge is 2.11. The molecule has 0 fully saturated rings. The molecule has 1 heterocycles. The molecule has 0 aromatic carbocycles. The van der Waals surface area contributed by atoms with Gasteiger partial charge in [-0.3, -0.25) is 0 Å². The second-order valence-electron chi connectivity index (χ2n) is 4.08. The summed E-state index contributed by atoms with van der Waals surface area (Å²) in [6, 6.07) is 0.288. The van der Waals surface area contributed by atoms with Gasteiger partial charge in [-0.05, 0) is 20.8 Å². The first-order valence-electron chi connectivity index (χ1n) is 6.05. The van der Waals surface area contributed by atoms with E-state index in [0.29, 0.717) is 25.0 Å². The van der Waals surface area contributed by atoms with Gasteiger partial charge in [0.15, 0.2) is 0 Å². The fraction of sp³-hybridized carbons (Fsp3) is 0.727. The predicted octanol–water partition coefficient (Wildman–Crippen LogP) is 0.519. The minimum absolute atomic E-state index is 0.00197. The van der Waals surface area contributed by atoms with Gasteiger partial charge in [0.1, 0.15) is 0 Å². The smallest absolute Gasteiger partial charge is 0.323 e. The average Bonchev–Trinajstić information content (AvgIpc) is 2.28. The van der Waals surface area contributed by atoms with Crippen LogP contribution in [0.15, 0.2) is 0 Å². The minimum Gasteiger partial charge on any atom is -0.461 e. The van der Waals surface area contributed by atoms with Crippen molar-refractivity contribution in [3.63, 3.8) is 0 Å². The van der Waals surface area contributed by atoms with Crippen LogP contribution >= 0.6 is 0 Å². The van der Waals surface area contributed by atoms with Gasteiger partial charge in [-0.25, -0.2) is 0 Å². The number of anilines is 2. The van der Waals surface area contributed by atoms with E-state index in [4.69, 9.17) is 9.84 Å². The fourth-order valence-corrected chi connectivity index (χ4v) is 1.27. The summed E-state index contributed by atoms with van der Waals surface area (Å²) in [4.78, 5) is 14.4. The molecule has 1 rings (SSSR count). The van der Waals surface area contributed by atoms with Gasteiger partial charge in [0.05, 0.1) is 12.7 Å². The Labute approximate surface area is 107 Å². The maximum atomic E-state index is 8.93. The van der Waals surface area contributed by atoms with E-state index < -0.39 is 0 Å². The van der Waals surface area contributed by atoms with E-state index in [-0.39, 0.29) is 18.7 Å². The molecule has 0 spiro atoms. The Balaban J connectivity index is 2.97. The van der Waals surface area contributed by atoms with Crippen molar-refractivity contribution in [1.29, 1.82) is 0 Å². The Bertz CT molecular complexity index is 372. The van der Waals surface area contributed by atoms with Gasteiger partial charge in [-0.1, -0.05) is 0 Å². The number of aliphatic hydroxyl groups excluding tert-OH is 1. The molecular formula is C11H21N5O2. The van der Waals surface area contributed by atoms with E-state index >= 15 is 0 Å². The van der Waals surface area contributed by atoms with Gasteiger partial charge in [0, 0.05) is 20.1 Å². The summed E-state index contributed by atoms with van der Waals surface area (Å²) in [5.41, 5.74) is 0. The normalized spacial score (nSPS) is 10.6. The van der Waals surface area contributed by atoms with Crippen LogP contribution in [0.2, 0.25) is 0 Å². The van der Waals surface area contributed by atoms with Crippen LogP contribution in [0.3, 0.4) is 0 Å². The number of ether oxygens (including phenoxy) is 1. The van der Waals surface area contributed by atoms with Crippen molar-refractivity contribution in [2.45, 2.75) is 26.9 Å². The van der Waals surface area contributed by atoms with Gasteiger partial charge in [-0.2, -0.15) is 15.0 Å². The summed E-state index contributed by atoms with van der Waals surface area (Å²) < 4.78 is 5.48. The van der Waals surface area contributed by atoms with Crippen LogP contribution in [0.1, 0.15) is 20.8 Å². The molecule has 0 saturated carbocycles. The van der Waals surface area contributed by atoms with E-state index in [2.05, 4.69) is 20.3 Å². The third-order valence-corrected chi connectivity index (χ3v) is 2.06. The van der Waals surface area contributed by atoms with Crippen LogP contribution in [0, 0.1) is 0 Å². The summed E-state index contributed by atoms with van der Waals surface area (Å²) in [5.74, 6) is 0.952. The lowest BCUT2D eigenvalue weighted by molar-refractivity contribution is 0.222. The summed E-state index contributed by atoms with van der Waals surface area (Å²) in [7, 11) is 1.81. The van der Waals surface area contributed by atoms with Gasteiger partial charge in [-0.15, -0.1) is 0 Å². The number of nitrogens with zero attached hydrogens (tertiary/aromatic N) is 4. The maximum Gasteiger partial charge on any atom is 0.323 e. The zero-order valence-electron chi connectivity index (χ0n) is 11.3. The van der Waals surface area contributed by atoms with Crippen LogP contribution in [-0.2, 0) is 0 Å². The highest BCUT2D eigenvalue weighted by atomic mass is 16.5. The monoisotopic (exact) mass is 255 g/mol. The topological polar surface area (TPSA) is 83.4 Å². The molecule has 7 nitrogen and oxygen atoms in total. The summed E-state index contributed by atoms with van der Waals surface area (Å²) >= 11 is 0. The molecule has 0 atom stereocenters. The lowest BCUT2D eigenvalue weighted by Gasteiger charge is -2.17. The molecule has 0 saturated heterocycles. The van der Waals surface area contributed by atoms with Gasteiger partial charge in [0.2, 0.25) is 11.9 Å². The highest BCUT2D eigenvalue weighted by molar-refractivity contribution is 5.37. The maximum absolute atomic E-state index is 8.93. The van der Waals surface area contributed by atoms with Gasteiger partial charge in [0.25, 0.3) is 0 Å². The molecular weight excluding hydrogens is 234 g/mol. The molecule has 0 aliphatic carbocycles. The van der Waals surface area contributed by atoms with Gasteiger partial charge < -0.3 is 20.1 Å². The number of likely N-dealkylation sites (N-methyl/N-ethyl adjacent to an activating group) is 1. The Kier molecular flexibility index (Phi) is 5.57. The predicted molar refractivity (Wildman–Crippen MR) is 70.1 cm³/mol. The van der Waals surface area contributed by atoms with Crippen LogP contribution in [0.4, 0.5) is 11.9 Å². The molecule has 1 aromatic rings. The van der Waals surface area contributed by atoms with E-state index in [1.165, 1.54) is 0 Å². The van der Waals surface area contributed by atoms with Crippen molar-refractivity contribution in [3.05, 3.63) is 0 Å². The Morgan fingerprint density at radius 1 is 1.33 bits per heavy atom. The number of nitrogens with one attached hydrogen (secondary N) is 1. The van der Waals surface area contributed by atoms with E-state index in [0.717, 1.165) is 0 Å².